The third kappa shape index (κ3) is 3.05. The molecule has 0 saturated heterocycles. The van der Waals surface area contributed by atoms with Crippen molar-refractivity contribution < 1.29 is 9.90 Å². The predicted molar refractivity (Wildman–Crippen MR) is 73.0 cm³/mol. The zero-order valence-electron chi connectivity index (χ0n) is 10.7. The molecule has 0 aromatic heterocycles. The van der Waals surface area contributed by atoms with Gasteiger partial charge in [0.2, 0.25) is 0 Å². The van der Waals surface area contributed by atoms with Crippen LogP contribution in [0.1, 0.15) is 36.8 Å². The van der Waals surface area contributed by atoms with Crippen molar-refractivity contribution >= 4 is 17.6 Å². The van der Waals surface area contributed by atoms with Gasteiger partial charge < -0.3 is 5.11 Å². The summed E-state index contributed by atoms with van der Waals surface area (Å²) in [5, 5.41) is 10.0. The molecule has 0 bridgehead atoms. The number of aryl methyl sites for hydroxylation is 1. The third-order valence-corrected chi connectivity index (χ3v) is 4.27. The van der Waals surface area contributed by atoms with Crippen LogP contribution in [0.25, 0.3) is 0 Å². The summed E-state index contributed by atoms with van der Waals surface area (Å²) in [6, 6.07) is 6.03. The van der Waals surface area contributed by atoms with Crippen molar-refractivity contribution in [3.8, 4) is 0 Å². The Morgan fingerprint density at radius 1 is 1.39 bits per heavy atom. The van der Waals surface area contributed by atoms with E-state index in [4.69, 9.17) is 11.6 Å². The minimum Gasteiger partial charge on any atom is -0.481 e. The molecule has 1 N–H and O–H groups in total. The van der Waals surface area contributed by atoms with Crippen molar-refractivity contribution in [2.24, 2.45) is 11.8 Å². The fraction of sp³-hybridized carbons (Fsp3) is 0.533. The smallest absolute Gasteiger partial charge is 0.306 e. The SMILES string of the molecule is Cc1ccc(CC2CCCCC2C(=O)O)c(Cl)c1. The Hall–Kier alpha value is -1.02. The predicted octanol–water partition coefficient (Wildman–Crippen LogP) is 4.08. The summed E-state index contributed by atoms with van der Waals surface area (Å²) < 4.78 is 0. The lowest BCUT2D eigenvalue weighted by Gasteiger charge is -2.28. The van der Waals surface area contributed by atoms with Gasteiger partial charge >= 0.3 is 5.97 Å². The van der Waals surface area contributed by atoms with Gasteiger partial charge in [-0.1, -0.05) is 36.6 Å². The van der Waals surface area contributed by atoms with Crippen molar-refractivity contribution in [3.63, 3.8) is 0 Å². The molecule has 1 aliphatic carbocycles. The second-order valence-electron chi connectivity index (χ2n) is 5.29. The van der Waals surface area contributed by atoms with Crippen molar-refractivity contribution in [2.45, 2.75) is 39.0 Å². The molecule has 0 spiro atoms. The standard InChI is InChI=1S/C15H19ClO2/c1-10-6-7-12(14(16)8-10)9-11-4-2-3-5-13(11)15(17)18/h6-8,11,13H,2-5,9H2,1H3,(H,17,18). The van der Waals surface area contributed by atoms with E-state index in [1.807, 2.05) is 25.1 Å². The summed E-state index contributed by atoms with van der Waals surface area (Å²) >= 11 is 6.23. The van der Waals surface area contributed by atoms with Gasteiger partial charge in [-0.05, 0) is 49.3 Å². The highest BCUT2D eigenvalue weighted by molar-refractivity contribution is 6.31. The van der Waals surface area contributed by atoms with Gasteiger partial charge in [0.1, 0.15) is 0 Å². The van der Waals surface area contributed by atoms with Gasteiger partial charge in [-0.2, -0.15) is 0 Å². The maximum Gasteiger partial charge on any atom is 0.306 e. The van der Waals surface area contributed by atoms with Crippen molar-refractivity contribution in [1.29, 1.82) is 0 Å². The molecule has 1 fully saturated rings. The van der Waals surface area contributed by atoms with E-state index < -0.39 is 5.97 Å². The molecule has 2 unspecified atom stereocenters. The zero-order valence-corrected chi connectivity index (χ0v) is 11.4. The zero-order chi connectivity index (χ0) is 13.1. The number of halogens is 1. The van der Waals surface area contributed by atoms with E-state index in [9.17, 15) is 9.90 Å². The third-order valence-electron chi connectivity index (χ3n) is 3.92. The fourth-order valence-corrected chi connectivity index (χ4v) is 3.19. The van der Waals surface area contributed by atoms with Crippen LogP contribution in [0.4, 0.5) is 0 Å². The number of carboxylic acids is 1. The first-order chi connectivity index (χ1) is 8.58. The Morgan fingerprint density at radius 2 is 2.11 bits per heavy atom. The monoisotopic (exact) mass is 266 g/mol. The molecule has 0 aliphatic heterocycles. The Labute approximate surface area is 113 Å². The maximum atomic E-state index is 11.3. The highest BCUT2D eigenvalue weighted by Crippen LogP contribution is 2.34. The van der Waals surface area contributed by atoms with E-state index in [2.05, 4.69) is 0 Å². The molecule has 2 atom stereocenters. The van der Waals surface area contributed by atoms with Crippen molar-refractivity contribution in [1.82, 2.24) is 0 Å². The van der Waals surface area contributed by atoms with Crippen LogP contribution in [0.5, 0.6) is 0 Å². The van der Waals surface area contributed by atoms with E-state index in [0.717, 1.165) is 48.3 Å². The van der Waals surface area contributed by atoms with Gasteiger partial charge in [-0.15, -0.1) is 0 Å². The first-order valence-electron chi connectivity index (χ1n) is 6.56. The lowest BCUT2D eigenvalue weighted by molar-refractivity contribution is -0.144. The number of aliphatic carboxylic acids is 1. The lowest BCUT2D eigenvalue weighted by atomic mass is 9.76. The summed E-state index contributed by atoms with van der Waals surface area (Å²) in [6.07, 6.45) is 4.77. The molecule has 0 radical (unpaired) electrons. The Balaban J connectivity index is 2.13. The lowest BCUT2D eigenvalue weighted by Crippen LogP contribution is -2.28. The first kappa shape index (κ1) is 13.4. The van der Waals surface area contributed by atoms with Gasteiger partial charge in [0.15, 0.2) is 0 Å². The summed E-state index contributed by atoms with van der Waals surface area (Å²) in [5.74, 6) is -0.615. The van der Waals surface area contributed by atoms with E-state index in [-0.39, 0.29) is 11.8 Å². The molecule has 1 aromatic rings. The fourth-order valence-electron chi connectivity index (χ4n) is 2.88. The van der Waals surface area contributed by atoms with Gasteiger partial charge in [0.05, 0.1) is 5.92 Å². The van der Waals surface area contributed by atoms with Crippen molar-refractivity contribution in [3.05, 3.63) is 34.3 Å². The molecule has 1 saturated carbocycles. The molecule has 2 rings (SSSR count). The number of hydrogen-bond donors (Lipinski definition) is 1. The van der Waals surface area contributed by atoms with Crippen LogP contribution >= 0.6 is 11.6 Å². The van der Waals surface area contributed by atoms with Gasteiger partial charge in [-0.3, -0.25) is 4.79 Å². The Kier molecular flexibility index (Phi) is 4.28. The average Bonchev–Trinajstić information content (AvgIpc) is 2.33. The molecular weight excluding hydrogens is 248 g/mol. The second-order valence-corrected chi connectivity index (χ2v) is 5.70. The van der Waals surface area contributed by atoms with E-state index in [1.165, 1.54) is 0 Å². The highest BCUT2D eigenvalue weighted by atomic mass is 35.5. The molecule has 0 heterocycles. The van der Waals surface area contributed by atoms with Crippen LogP contribution in [-0.4, -0.2) is 11.1 Å². The molecule has 2 nitrogen and oxygen atoms in total. The Bertz CT molecular complexity index is 442. The number of rotatable bonds is 3. The molecular formula is C15H19ClO2. The van der Waals surface area contributed by atoms with Crippen LogP contribution in [0.15, 0.2) is 18.2 Å². The number of carbonyl (C=O) groups is 1. The van der Waals surface area contributed by atoms with Gasteiger partial charge in [0.25, 0.3) is 0 Å². The maximum absolute atomic E-state index is 11.3. The second kappa shape index (κ2) is 5.75. The first-order valence-corrected chi connectivity index (χ1v) is 6.93. The molecule has 0 amide bonds. The summed E-state index contributed by atoms with van der Waals surface area (Å²) in [4.78, 5) is 11.3. The average molecular weight is 267 g/mol. The number of carboxylic acid groups (broad SMARTS) is 1. The number of benzene rings is 1. The van der Waals surface area contributed by atoms with Crippen LogP contribution in [0.2, 0.25) is 5.02 Å². The Morgan fingerprint density at radius 3 is 2.78 bits per heavy atom. The summed E-state index contributed by atoms with van der Waals surface area (Å²) in [5.41, 5.74) is 2.22. The van der Waals surface area contributed by atoms with Crippen molar-refractivity contribution in [2.75, 3.05) is 0 Å². The largest absolute Gasteiger partial charge is 0.481 e. The quantitative estimate of drug-likeness (QED) is 0.895. The molecule has 18 heavy (non-hydrogen) atoms. The van der Waals surface area contributed by atoms with Crippen LogP contribution < -0.4 is 0 Å². The number of hydrogen-bond acceptors (Lipinski definition) is 1. The van der Waals surface area contributed by atoms with Gasteiger partial charge in [0, 0.05) is 5.02 Å². The molecule has 1 aromatic carbocycles. The van der Waals surface area contributed by atoms with Crippen LogP contribution in [-0.2, 0) is 11.2 Å². The minimum atomic E-state index is -0.650. The summed E-state index contributed by atoms with van der Waals surface area (Å²) in [6.45, 7) is 2.01. The van der Waals surface area contributed by atoms with Gasteiger partial charge in [-0.25, -0.2) is 0 Å². The van der Waals surface area contributed by atoms with Crippen LogP contribution in [0.3, 0.4) is 0 Å². The normalized spacial score (nSPS) is 23.9. The van der Waals surface area contributed by atoms with E-state index >= 15 is 0 Å². The molecule has 3 heteroatoms. The summed E-state index contributed by atoms with van der Waals surface area (Å²) in [7, 11) is 0. The minimum absolute atomic E-state index is 0.198. The highest BCUT2D eigenvalue weighted by Gasteiger charge is 2.30. The topological polar surface area (TPSA) is 37.3 Å². The molecule has 98 valence electrons. The molecule has 1 aliphatic rings. The van der Waals surface area contributed by atoms with Crippen LogP contribution in [0, 0.1) is 18.8 Å². The van der Waals surface area contributed by atoms with E-state index in [0.29, 0.717) is 0 Å². The van der Waals surface area contributed by atoms with E-state index in [1.54, 1.807) is 0 Å².